The zero-order valence-electron chi connectivity index (χ0n) is 19.3. The Morgan fingerprint density at radius 3 is 2.73 bits per heavy atom. The van der Waals surface area contributed by atoms with Gasteiger partial charge in [0.15, 0.2) is 0 Å². The van der Waals surface area contributed by atoms with Crippen molar-refractivity contribution in [1.29, 1.82) is 0 Å². The molecule has 6 nitrogen and oxygen atoms in total. The van der Waals surface area contributed by atoms with Gasteiger partial charge in [-0.15, -0.1) is 0 Å². The molecule has 0 bridgehead atoms. The first-order valence-corrected chi connectivity index (χ1v) is 12.6. The average Bonchev–Trinajstić information content (AvgIpc) is 3.38. The predicted molar refractivity (Wildman–Crippen MR) is 139 cm³/mol. The van der Waals surface area contributed by atoms with Gasteiger partial charge in [0, 0.05) is 29.7 Å². The second-order valence-corrected chi connectivity index (χ2v) is 10.0. The summed E-state index contributed by atoms with van der Waals surface area (Å²) in [5.41, 5.74) is 1.58. The van der Waals surface area contributed by atoms with Gasteiger partial charge in [0.2, 0.25) is 0 Å². The molecule has 0 atom stereocenters. The van der Waals surface area contributed by atoms with E-state index >= 15 is 0 Å². The van der Waals surface area contributed by atoms with E-state index < -0.39 is 11.7 Å². The second kappa shape index (κ2) is 10.2. The van der Waals surface area contributed by atoms with Crippen LogP contribution in [0.1, 0.15) is 29.5 Å². The van der Waals surface area contributed by atoms with Crippen LogP contribution >= 0.6 is 23.4 Å². The number of hydrogen-bond acceptors (Lipinski definition) is 5. The molecule has 0 spiro atoms. The maximum atomic E-state index is 13.5. The van der Waals surface area contributed by atoms with E-state index in [1.54, 1.807) is 36.7 Å². The minimum Gasteiger partial charge on any atom is -0.293 e. The van der Waals surface area contributed by atoms with Crippen LogP contribution in [0.25, 0.3) is 17.0 Å². The number of thioether (sulfide) groups is 1. The highest BCUT2D eigenvalue weighted by Crippen LogP contribution is 2.35. The van der Waals surface area contributed by atoms with Crippen molar-refractivity contribution in [2.45, 2.75) is 25.6 Å². The van der Waals surface area contributed by atoms with Gasteiger partial charge in [0.1, 0.15) is 0 Å². The first-order valence-electron chi connectivity index (χ1n) is 11.4. The normalized spacial score (nSPS) is 17.4. The number of dihydropyridines is 1. The third kappa shape index (κ3) is 5.50. The summed E-state index contributed by atoms with van der Waals surface area (Å²) in [6.07, 6.45) is 3.92. The molecule has 0 saturated carbocycles. The van der Waals surface area contributed by atoms with Gasteiger partial charge in [-0.05, 0) is 71.6 Å². The lowest BCUT2D eigenvalue weighted by molar-refractivity contribution is -0.138. The Morgan fingerprint density at radius 1 is 1.14 bits per heavy atom. The van der Waals surface area contributed by atoms with Crippen molar-refractivity contribution in [3.05, 3.63) is 80.9 Å². The van der Waals surface area contributed by atoms with Crippen LogP contribution < -0.4 is 0 Å². The van der Waals surface area contributed by atoms with Gasteiger partial charge in [-0.3, -0.25) is 24.2 Å². The minimum absolute atomic E-state index is 0.00961. The molecular formula is C26H20ClF3N4O2S. The Balaban J connectivity index is 1.34. The van der Waals surface area contributed by atoms with Gasteiger partial charge >= 0.3 is 6.18 Å². The monoisotopic (exact) mass is 544 g/mol. The summed E-state index contributed by atoms with van der Waals surface area (Å²) in [4.78, 5) is 31.1. The van der Waals surface area contributed by atoms with E-state index in [0.29, 0.717) is 27.8 Å². The number of carbonyl (C=O) groups excluding carboxylic acids is 2. The number of amides is 2. The summed E-state index contributed by atoms with van der Waals surface area (Å²) in [6, 6.07) is 8.93. The van der Waals surface area contributed by atoms with Gasteiger partial charge < -0.3 is 0 Å². The smallest absolute Gasteiger partial charge is 0.293 e. The van der Waals surface area contributed by atoms with Gasteiger partial charge in [-0.25, -0.2) is 0 Å². The first kappa shape index (κ1) is 25.3. The molecule has 2 aliphatic heterocycles. The molecule has 0 radical (unpaired) electrons. The van der Waals surface area contributed by atoms with Crippen LogP contribution in [-0.2, 0) is 17.5 Å². The Morgan fingerprint density at radius 2 is 1.97 bits per heavy atom. The summed E-state index contributed by atoms with van der Waals surface area (Å²) in [6.45, 7) is 0.956. The fourth-order valence-corrected chi connectivity index (χ4v) is 5.28. The molecule has 2 aromatic carbocycles. The third-order valence-electron chi connectivity index (χ3n) is 6.08. The van der Waals surface area contributed by atoms with Crippen LogP contribution in [0.5, 0.6) is 0 Å². The lowest BCUT2D eigenvalue weighted by Crippen LogP contribution is -2.29. The molecule has 1 aromatic heterocycles. The number of aliphatic imine (C=N–C) groups is 1. The van der Waals surface area contributed by atoms with E-state index in [2.05, 4.69) is 16.2 Å². The molecule has 0 aliphatic carbocycles. The van der Waals surface area contributed by atoms with Crippen LogP contribution in [0.4, 0.5) is 18.0 Å². The minimum atomic E-state index is -4.54. The fourth-order valence-electron chi connectivity index (χ4n) is 4.24. The third-order valence-corrected chi connectivity index (χ3v) is 7.22. The SMILES string of the molecule is O=C1S/C(=C\c2ccc3c(cnn3Cc3ccc(Cl)cc3C(F)(F)F)c2)C(=O)N1CCC1=CCCN=C1. The second-order valence-electron chi connectivity index (χ2n) is 8.61. The van der Waals surface area contributed by atoms with Crippen LogP contribution in [0.2, 0.25) is 5.02 Å². The number of aromatic nitrogens is 2. The zero-order chi connectivity index (χ0) is 26.2. The summed E-state index contributed by atoms with van der Waals surface area (Å²) >= 11 is 6.67. The fraction of sp³-hybridized carbons (Fsp3) is 0.231. The van der Waals surface area contributed by atoms with E-state index in [9.17, 15) is 22.8 Å². The number of rotatable bonds is 6. The molecule has 3 heterocycles. The van der Waals surface area contributed by atoms with Crippen LogP contribution in [0, 0.1) is 0 Å². The van der Waals surface area contributed by atoms with Crippen molar-refractivity contribution in [2.24, 2.45) is 4.99 Å². The molecule has 1 saturated heterocycles. The summed E-state index contributed by atoms with van der Waals surface area (Å²) in [7, 11) is 0. The highest BCUT2D eigenvalue weighted by atomic mass is 35.5. The van der Waals surface area contributed by atoms with Crippen molar-refractivity contribution in [3.8, 4) is 0 Å². The van der Waals surface area contributed by atoms with E-state index in [-0.39, 0.29) is 34.8 Å². The molecule has 11 heteroatoms. The predicted octanol–water partition coefficient (Wildman–Crippen LogP) is 6.58. The molecule has 0 N–H and O–H groups in total. The summed E-state index contributed by atoms with van der Waals surface area (Å²) < 4.78 is 41.9. The number of imide groups is 1. The highest BCUT2D eigenvalue weighted by Gasteiger charge is 2.35. The molecule has 0 unspecified atom stereocenters. The number of carbonyl (C=O) groups is 2. The van der Waals surface area contributed by atoms with Crippen molar-refractivity contribution >= 4 is 57.7 Å². The van der Waals surface area contributed by atoms with Crippen LogP contribution in [0.15, 0.2) is 64.1 Å². The summed E-state index contributed by atoms with van der Waals surface area (Å²) in [5, 5.41) is 4.65. The van der Waals surface area contributed by atoms with E-state index in [1.165, 1.54) is 21.7 Å². The van der Waals surface area contributed by atoms with Crippen molar-refractivity contribution in [2.75, 3.05) is 13.1 Å². The Kier molecular flexibility index (Phi) is 6.96. The van der Waals surface area contributed by atoms with Gasteiger partial charge in [-0.2, -0.15) is 18.3 Å². The van der Waals surface area contributed by atoms with E-state index in [1.807, 2.05) is 0 Å². The molecule has 2 amide bonds. The first-order chi connectivity index (χ1) is 17.7. The molecule has 2 aliphatic rings. The molecule has 37 heavy (non-hydrogen) atoms. The van der Waals surface area contributed by atoms with Crippen LogP contribution in [-0.4, -0.2) is 45.1 Å². The maximum Gasteiger partial charge on any atom is 0.416 e. The van der Waals surface area contributed by atoms with Gasteiger partial charge in [0.05, 0.1) is 28.7 Å². The number of benzene rings is 2. The Bertz CT molecular complexity index is 1490. The molecule has 3 aromatic rings. The lowest BCUT2D eigenvalue weighted by atomic mass is 10.1. The average molecular weight is 545 g/mol. The summed E-state index contributed by atoms with van der Waals surface area (Å²) in [5.74, 6) is -0.346. The molecule has 1 fully saturated rings. The van der Waals surface area contributed by atoms with Crippen molar-refractivity contribution < 1.29 is 22.8 Å². The number of nitrogens with zero attached hydrogens (tertiary/aromatic N) is 4. The maximum absolute atomic E-state index is 13.5. The van der Waals surface area contributed by atoms with Gasteiger partial charge in [0.25, 0.3) is 11.1 Å². The number of alkyl halides is 3. The number of hydrogen-bond donors (Lipinski definition) is 0. The quantitative estimate of drug-likeness (QED) is 0.329. The topological polar surface area (TPSA) is 67.6 Å². The van der Waals surface area contributed by atoms with E-state index in [0.717, 1.165) is 36.4 Å². The largest absolute Gasteiger partial charge is 0.416 e. The standard InChI is InChI=1S/C26H20ClF3N4O2S/c27-20-5-4-18(21(12-20)26(28,29)30)15-34-22-6-3-17(10-19(22)14-32-34)11-23-24(35)33(25(36)37-23)9-7-16-2-1-8-31-13-16/h2-6,10-14H,1,7-9,15H2/b23-11-. The number of halogens is 4. The Hall–Kier alpha value is -3.37. The van der Waals surface area contributed by atoms with Crippen LogP contribution in [0.3, 0.4) is 0 Å². The van der Waals surface area contributed by atoms with Gasteiger partial charge in [-0.1, -0.05) is 29.8 Å². The van der Waals surface area contributed by atoms with Crippen molar-refractivity contribution in [3.63, 3.8) is 0 Å². The van der Waals surface area contributed by atoms with Crippen molar-refractivity contribution in [1.82, 2.24) is 14.7 Å². The molecular weight excluding hydrogens is 525 g/mol. The number of fused-ring (bicyclic) bond motifs is 1. The lowest BCUT2D eigenvalue weighted by Gasteiger charge is -2.14. The molecule has 190 valence electrons. The van der Waals surface area contributed by atoms with E-state index in [4.69, 9.17) is 11.6 Å². The highest BCUT2D eigenvalue weighted by molar-refractivity contribution is 8.18. The zero-order valence-corrected chi connectivity index (χ0v) is 20.9. The Labute approximate surface area is 219 Å². The molecule has 5 rings (SSSR count).